The highest BCUT2D eigenvalue weighted by Gasteiger charge is 2.25. The van der Waals surface area contributed by atoms with Crippen LogP contribution in [0.1, 0.15) is 44.7 Å². The van der Waals surface area contributed by atoms with Gasteiger partial charge in [0.05, 0.1) is 6.54 Å². The van der Waals surface area contributed by atoms with Gasteiger partial charge in [0.2, 0.25) is 11.8 Å². The third kappa shape index (κ3) is 5.93. The molecule has 1 heterocycles. The number of carbonyl (C=O) groups excluding carboxylic acids is 2. The minimum Gasteiger partial charge on any atom is -0.352 e. The van der Waals surface area contributed by atoms with Gasteiger partial charge in [-0.1, -0.05) is 45.0 Å². The Morgan fingerprint density at radius 1 is 1.07 bits per heavy atom. The summed E-state index contributed by atoms with van der Waals surface area (Å²) in [5.74, 6) is 0.146. The average molecular weight is 370 g/mol. The normalized spacial score (nSPS) is 18.7. The largest absolute Gasteiger partial charge is 0.352 e. The molecule has 0 radical (unpaired) electrons. The van der Waals surface area contributed by atoms with Gasteiger partial charge in [0.15, 0.2) is 0 Å². The van der Waals surface area contributed by atoms with Crippen molar-refractivity contribution in [2.75, 3.05) is 32.7 Å². The standard InChI is InChI=1S/C22H31N3O2/c1-22(2,3)18-7-4-17(5-8-18)6-11-21(27)25-14-12-24(13-15-25)16-20(26)23-19-9-10-19/h4-8,11,19H,9-10,12-16H2,1-3H3,(H,23,26)/b11-6+. The van der Waals surface area contributed by atoms with Crippen LogP contribution in [0.25, 0.3) is 6.08 Å². The smallest absolute Gasteiger partial charge is 0.246 e. The third-order valence-corrected chi connectivity index (χ3v) is 5.19. The van der Waals surface area contributed by atoms with Crippen molar-refractivity contribution in [2.24, 2.45) is 0 Å². The lowest BCUT2D eigenvalue weighted by atomic mass is 9.87. The topological polar surface area (TPSA) is 52.7 Å². The van der Waals surface area contributed by atoms with Gasteiger partial charge in [-0.25, -0.2) is 0 Å². The Kier molecular flexibility index (Phi) is 6.00. The van der Waals surface area contributed by atoms with E-state index in [1.807, 2.05) is 11.0 Å². The van der Waals surface area contributed by atoms with Crippen molar-refractivity contribution in [3.63, 3.8) is 0 Å². The fraction of sp³-hybridized carbons (Fsp3) is 0.545. The van der Waals surface area contributed by atoms with Gasteiger partial charge >= 0.3 is 0 Å². The van der Waals surface area contributed by atoms with Crippen LogP contribution in [0.4, 0.5) is 0 Å². The molecule has 5 heteroatoms. The maximum Gasteiger partial charge on any atom is 0.246 e. The lowest BCUT2D eigenvalue weighted by Crippen LogP contribution is -2.51. The molecule has 0 aromatic heterocycles. The van der Waals surface area contributed by atoms with Crippen molar-refractivity contribution in [2.45, 2.75) is 45.1 Å². The molecule has 2 aliphatic rings. The van der Waals surface area contributed by atoms with E-state index in [4.69, 9.17) is 0 Å². The lowest BCUT2D eigenvalue weighted by molar-refractivity contribution is -0.128. The Bertz CT molecular complexity index is 691. The van der Waals surface area contributed by atoms with E-state index in [0.717, 1.165) is 31.5 Å². The fourth-order valence-electron chi connectivity index (χ4n) is 3.20. The monoisotopic (exact) mass is 369 g/mol. The molecule has 1 aliphatic carbocycles. The minimum atomic E-state index is 0.0389. The zero-order valence-electron chi connectivity index (χ0n) is 16.7. The first kappa shape index (κ1) is 19.6. The number of benzene rings is 1. The zero-order chi connectivity index (χ0) is 19.4. The molecule has 5 nitrogen and oxygen atoms in total. The number of nitrogens with one attached hydrogen (secondary N) is 1. The van der Waals surface area contributed by atoms with Crippen LogP contribution in [0.2, 0.25) is 0 Å². The maximum atomic E-state index is 12.4. The second-order valence-corrected chi connectivity index (χ2v) is 8.65. The molecule has 1 saturated carbocycles. The first-order valence-electron chi connectivity index (χ1n) is 9.90. The molecule has 0 atom stereocenters. The summed E-state index contributed by atoms with van der Waals surface area (Å²) >= 11 is 0. The first-order valence-corrected chi connectivity index (χ1v) is 9.90. The van der Waals surface area contributed by atoms with Gasteiger partial charge in [-0.05, 0) is 35.5 Å². The van der Waals surface area contributed by atoms with Crippen molar-refractivity contribution in [3.05, 3.63) is 41.5 Å². The molecule has 1 saturated heterocycles. The molecular formula is C22H31N3O2. The maximum absolute atomic E-state index is 12.4. The summed E-state index contributed by atoms with van der Waals surface area (Å²) in [6.07, 6.45) is 5.75. The van der Waals surface area contributed by atoms with Crippen molar-refractivity contribution >= 4 is 17.9 Å². The Balaban J connectivity index is 1.44. The summed E-state index contributed by atoms with van der Waals surface area (Å²) in [5, 5.41) is 3.01. The van der Waals surface area contributed by atoms with Crippen LogP contribution in [0.3, 0.4) is 0 Å². The fourth-order valence-corrected chi connectivity index (χ4v) is 3.20. The summed E-state index contributed by atoms with van der Waals surface area (Å²) in [7, 11) is 0. The van der Waals surface area contributed by atoms with E-state index in [-0.39, 0.29) is 17.2 Å². The van der Waals surface area contributed by atoms with Crippen LogP contribution in [0, 0.1) is 0 Å². The Morgan fingerprint density at radius 2 is 1.70 bits per heavy atom. The van der Waals surface area contributed by atoms with E-state index >= 15 is 0 Å². The Labute approximate surface area is 162 Å². The van der Waals surface area contributed by atoms with Crippen LogP contribution in [0.15, 0.2) is 30.3 Å². The second kappa shape index (κ2) is 8.26. The van der Waals surface area contributed by atoms with Crippen LogP contribution in [-0.4, -0.2) is 60.4 Å². The molecule has 0 bridgehead atoms. The quantitative estimate of drug-likeness (QED) is 0.811. The van der Waals surface area contributed by atoms with E-state index in [1.54, 1.807) is 6.08 Å². The number of piperazine rings is 1. The first-order chi connectivity index (χ1) is 12.8. The zero-order valence-corrected chi connectivity index (χ0v) is 16.7. The van der Waals surface area contributed by atoms with Crippen molar-refractivity contribution in [3.8, 4) is 0 Å². The van der Waals surface area contributed by atoms with Gasteiger partial charge < -0.3 is 10.2 Å². The average Bonchev–Trinajstić information content (AvgIpc) is 3.43. The summed E-state index contributed by atoms with van der Waals surface area (Å²) in [4.78, 5) is 28.3. The van der Waals surface area contributed by atoms with E-state index in [0.29, 0.717) is 25.7 Å². The highest BCUT2D eigenvalue weighted by molar-refractivity contribution is 5.91. The number of nitrogens with zero attached hydrogens (tertiary/aromatic N) is 2. The van der Waals surface area contributed by atoms with Crippen LogP contribution in [-0.2, 0) is 15.0 Å². The molecular weight excluding hydrogens is 338 g/mol. The van der Waals surface area contributed by atoms with Gasteiger partial charge in [-0.2, -0.15) is 0 Å². The number of rotatable bonds is 5. The lowest BCUT2D eigenvalue weighted by Gasteiger charge is -2.33. The molecule has 2 amide bonds. The predicted octanol–water partition coefficient (Wildman–Crippen LogP) is 2.42. The van der Waals surface area contributed by atoms with Gasteiger partial charge in [-0.15, -0.1) is 0 Å². The Morgan fingerprint density at radius 3 is 2.26 bits per heavy atom. The van der Waals surface area contributed by atoms with Crippen LogP contribution >= 0.6 is 0 Å². The van der Waals surface area contributed by atoms with E-state index in [2.05, 4.69) is 55.3 Å². The molecule has 0 unspecified atom stereocenters. The Hall–Kier alpha value is -2.14. The van der Waals surface area contributed by atoms with E-state index in [9.17, 15) is 9.59 Å². The third-order valence-electron chi connectivity index (χ3n) is 5.19. The van der Waals surface area contributed by atoms with Gasteiger partial charge in [0.25, 0.3) is 0 Å². The van der Waals surface area contributed by atoms with Gasteiger partial charge in [0, 0.05) is 38.3 Å². The summed E-state index contributed by atoms with van der Waals surface area (Å²) < 4.78 is 0. The van der Waals surface area contributed by atoms with Crippen LogP contribution in [0.5, 0.6) is 0 Å². The number of hydrogen-bond donors (Lipinski definition) is 1. The SMILES string of the molecule is CC(C)(C)c1ccc(/C=C/C(=O)N2CCN(CC(=O)NC3CC3)CC2)cc1. The van der Waals surface area contributed by atoms with Crippen molar-refractivity contribution < 1.29 is 9.59 Å². The molecule has 3 rings (SSSR count). The molecule has 0 spiro atoms. The van der Waals surface area contributed by atoms with Gasteiger partial charge in [0.1, 0.15) is 0 Å². The molecule has 1 aliphatic heterocycles. The van der Waals surface area contributed by atoms with E-state index < -0.39 is 0 Å². The highest BCUT2D eigenvalue weighted by Crippen LogP contribution is 2.22. The summed E-state index contributed by atoms with van der Waals surface area (Å²) in [6, 6.07) is 8.76. The predicted molar refractivity (Wildman–Crippen MR) is 108 cm³/mol. The molecule has 1 N–H and O–H groups in total. The minimum absolute atomic E-state index is 0.0389. The van der Waals surface area contributed by atoms with Gasteiger partial charge in [-0.3, -0.25) is 14.5 Å². The molecule has 2 fully saturated rings. The molecule has 1 aromatic rings. The highest BCUT2D eigenvalue weighted by atomic mass is 16.2. The summed E-state index contributed by atoms with van der Waals surface area (Å²) in [6.45, 7) is 9.85. The molecule has 27 heavy (non-hydrogen) atoms. The van der Waals surface area contributed by atoms with Crippen LogP contribution < -0.4 is 5.32 Å². The number of carbonyl (C=O) groups is 2. The molecule has 146 valence electrons. The van der Waals surface area contributed by atoms with E-state index in [1.165, 1.54) is 5.56 Å². The number of amides is 2. The second-order valence-electron chi connectivity index (χ2n) is 8.65. The summed E-state index contributed by atoms with van der Waals surface area (Å²) in [5.41, 5.74) is 2.45. The van der Waals surface area contributed by atoms with Crippen molar-refractivity contribution in [1.82, 2.24) is 15.1 Å². The number of hydrogen-bond acceptors (Lipinski definition) is 3. The van der Waals surface area contributed by atoms with Crippen molar-refractivity contribution in [1.29, 1.82) is 0 Å². The molecule has 1 aromatic carbocycles.